The molecule has 0 radical (unpaired) electrons. The van der Waals surface area contributed by atoms with Gasteiger partial charge in [-0.05, 0) is 25.7 Å². The molecule has 0 aliphatic carbocycles. The van der Waals surface area contributed by atoms with E-state index in [1.807, 2.05) is 0 Å². The maximum Gasteiger partial charge on any atom is 0.157 e. The number of nitrogen functional groups attached to an aromatic ring is 1. The summed E-state index contributed by atoms with van der Waals surface area (Å²) in [7, 11) is 0. The molecular weight excluding hydrogens is 238 g/mol. The minimum Gasteiger partial charge on any atom is -0.393 e. The van der Waals surface area contributed by atoms with Crippen LogP contribution in [0.15, 0.2) is 19.0 Å². The minimum atomic E-state index is 0.540. The topological polar surface area (TPSA) is 67.1 Å². The van der Waals surface area contributed by atoms with Crippen LogP contribution < -0.4 is 16.0 Å². The Morgan fingerprint density at radius 1 is 1.53 bits per heavy atom. The van der Waals surface area contributed by atoms with Crippen LogP contribution in [-0.4, -0.2) is 29.1 Å². The van der Waals surface area contributed by atoms with E-state index in [2.05, 4.69) is 33.7 Å². The fourth-order valence-electron chi connectivity index (χ4n) is 2.63. The maximum absolute atomic E-state index is 6.21. The molecule has 2 heterocycles. The zero-order valence-electron chi connectivity index (χ0n) is 11.6. The molecule has 5 heteroatoms. The third kappa shape index (κ3) is 2.97. The summed E-state index contributed by atoms with van der Waals surface area (Å²) in [5.74, 6) is 1.57. The predicted molar refractivity (Wildman–Crippen MR) is 80.4 cm³/mol. The van der Waals surface area contributed by atoms with Crippen LogP contribution in [0.25, 0.3) is 0 Å². The van der Waals surface area contributed by atoms with E-state index in [4.69, 9.17) is 5.73 Å². The van der Waals surface area contributed by atoms with Crippen molar-refractivity contribution in [1.82, 2.24) is 9.97 Å². The van der Waals surface area contributed by atoms with Crippen LogP contribution in [0.5, 0.6) is 0 Å². The summed E-state index contributed by atoms with van der Waals surface area (Å²) < 4.78 is 0. The SMILES string of the molecule is C=CCNc1ncnc(N2CCCCC2CC)c1N. The third-order valence-electron chi connectivity index (χ3n) is 3.65. The van der Waals surface area contributed by atoms with Gasteiger partial charge in [0.1, 0.15) is 12.0 Å². The normalized spacial score (nSPS) is 19.2. The van der Waals surface area contributed by atoms with Crippen LogP contribution >= 0.6 is 0 Å². The maximum atomic E-state index is 6.21. The molecule has 0 bridgehead atoms. The van der Waals surface area contributed by atoms with E-state index >= 15 is 0 Å². The number of hydrogen-bond acceptors (Lipinski definition) is 5. The van der Waals surface area contributed by atoms with Gasteiger partial charge in [-0.3, -0.25) is 0 Å². The van der Waals surface area contributed by atoms with Crippen LogP contribution in [0.3, 0.4) is 0 Å². The van der Waals surface area contributed by atoms with E-state index in [1.165, 1.54) is 19.3 Å². The molecule has 19 heavy (non-hydrogen) atoms. The van der Waals surface area contributed by atoms with E-state index in [0.29, 0.717) is 24.1 Å². The molecule has 1 fully saturated rings. The first kappa shape index (κ1) is 13.6. The minimum absolute atomic E-state index is 0.540. The fourth-order valence-corrected chi connectivity index (χ4v) is 2.63. The second-order valence-electron chi connectivity index (χ2n) is 4.88. The molecular formula is C14H23N5. The predicted octanol–water partition coefficient (Wildman–Crippen LogP) is 2.43. The highest BCUT2D eigenvalue weighted by Gasteiger charge is 2.24. The number of aromatic nitrogens is 2. The van der Waals surface area contributed by atoms with Gasteiger partial charge in [0.25, 0.3) is 0 Å². The average Bonchev–Trinajstić information content (AvgIpc) is 2.46. The molecule has 0 aromatic carbocycles. The number of nitrogens with one attached hydrogen (secondary N) is 1. The Balaban J connectivity index is 2.25. The smallest absolute Gasteiger partial charge is 0.157 e. The summed E-state index contributed by atoms with van der Waals surface area (Å²) in [6, 6.07) is 0.540. The molecule has 1 aromatic heterocycles. The first-order valence-corrected chi connectivity index (χ1v) is 6.99. The lowest BCUT2D eigenvalue weighted by Gasteiger charge is -2.36. The molecule has 3 N–H and O–H groups in total. The van der Waals surface area contributed by atoms with Crippen LogP contribution in [0.4, 0.5) is 17.3 Å². The summed E-state index contributed by atoms with van der Waals surface area (Å²) in [5, 5.41) is 3.15. The van der Waals surface area contributed by atoms with Crippen molar-refractivity contribution in [3.8, 4) is 0 Å². The lowest BCUT2D eigenvalue weighted by Crippen LogP contribution is -2.40. The second-order valence-corrected chi connectivity index (χ2v) is 4.88. The molecule has 5 nitrogen and oxygen atoms in total. The zero-order chi connectivity index (χ0) is 13.7. The van der Waals surface area contributed by atoms with Gasteiger partial charge in [0.15, 0.2) is 11.6 Å². The Hall–Kier alpha value is -1.78. The van der Waals surface area contributed by atoms with Crippen molar-refractivity contribution in [3.05, 3.63) is 19.0 Å². The van der Waals surface area contributed by atoms with Crippen molar-refractivity contribution in [3.63, 3.8) is 0 Å². The molecule has 0 saturated carbocycles. The molecule has 1 aromatic rings. The second kappa shape index (κ2) is 6.41. The van der Waals surface area contributed by atoms with Gasteiger partial charge >= 0.3 is 0 Å². The quantitative estimate of drug-likeness (QED) is 0.797. The Morgan fingerprint density at radius 3 is 3.11 bits per heavy atom. The molecule has 1 atom stereocenters. The van der Waals surface area contributed by atoms with Gasteiger partial charge in [-0.1, -0.05) is 13.0 Å². The summed E-state index contributed by atoms with van der Waals surface area (Å²) in [4.78, 5) is 10.9. The van der Waals surface area contributed by atoms with Gasteiger partial charge in [0.05, 0.1) is 0 Å². The summed E-state index contributed by atoms with van der Waals surface area (Å²) >= 11 is 0. The van der Waals surface area contributed by atoms with E-state index in [0.717, 1.165) is 18.8 Å². The van der Waals surface area contributed by atoms with Gasteiger partial charge < -0.3 is 16.0 Å². The molecule has 1 aliphatic heterocycles. The highest BCUT2D eigenvalue weighted by atomic mass is 15.2. The monoisotopic (exact) mass is 261 g/mol. The standard InChI is InChI=1S/C14H23N5/c1-3-8-16-13-12(15)14(18-10-17-13)19-9-6-5-7-11(19)4-2/h3,10-11H,1,4-9,15H2,2H3,(H,16,17,18). The van der Waals surface area contributed by atoms with Gasteiger partial charge in [0.2, 0.25) is 0 Å². The van der Waals surface area contributed by atoms with Gasteiger partial charge in [-0.25, -0.2) is 9.97 Å². The molecule has 0 spiro atoms. The van der Waals surface area contributed by atoms with Crippen LogP contribution in [0, 0.1) is 0 Å². The largest absolute Gasteiger partial charge is 0.393 e. The number of hydrogen-bond donors (Lipinski definition) is 2. The molecule has 2 rings (SSSR count). The van der Waals surface area contributed by atoms with Gasteiger partial charge in [0, 0.05) is 19.1 Å². The molecule has 1 saturated heterocycles. The number of piperidine rings is 1. The van der Waals surface area contributed by atoms with Gasteiger partial charge in [-0.15, -0.1) is 6.58 Å². The van der Waals surface area contributed by atoms with Crippen molar-refractivity contribution >= 4 is 17.3 Å². The van der Waals surface area contributed by atoms with E-state index < -0.39 is 0 Å². The fraction of sp³-hybridized carbons (Fsp3) is 0.571. The third-order valence-corrected chi connectivity index (χ3v) is 3.65. The van der Waals surface area contributed by atoms with E-state index in [9.17, 15) is 0 Å². The Morgan fingerprint density at radius 2 is 2.37 bits per heavy atom. The molecule has 1 unspecified atom stereocenters. The van der Waals surface area contributed by atoms with Crippen molar-refractivity contribution in [2.45, 2.75) is 38.6 Å². The van der Waals surface area contributed by atoms with Crippen LogP contribution in [0.1, 0.15) is 32.6 Å². The number of nitrogens with two attached hydrogens (primary N) is 1. The highest BCUT2D eigenvalue weighted by Crippen LogP contribution is 2.31. The summed E-state index contributed by atoms with van der Waals surface area (Å²) in [5.41, 5.74) is 6.85. The van der Waals surface area contributed by atoms with Crippen LogP contribution in [0.2, 0.25) is 0 Å². The first-order valence-electron chi connectivity index (χ1n) is 6.99. The summed E-state index contributed by atoms with van der Waals surface area (Å²) in [6.07, 6.45) is 8.21. The van der Waals surface area contributed by atoms with Gasteiger partial charge in [-0.2, -0.15) is 0 Å². The Bertz CT molecular complexity index is 432. The number of nitrogens with zero attached hydrogens (tertiary/aromatic N) is 3. The van der Waals surface area contributed by atoms with Crippen molar-refractivity contribution < 1.29 is 0 Å². The van der Waals surface area contributed by atoms with E-state index in [-0.39, 0.29) is 0 Å². The number of rotatable bonds is 5. The average molecular weight is 261 g/mol. The zero-order valence-corrected chi connectivity index (χ0v) is 11.6. The lowest BCUT2D eigenvalue weighted by atomic mass is 10.00. The van der Waals surface area contributed by atoms with Crippen molar-refractivity contribution in [2.24, 2.45) is 0 Å². The Labute approximate surface area is 114 Å². The molecule has 104 valence electrons. The van der Waals surface area contributed by atoms with Crippen molar-refractivity contribution in [1.29, 1.82) is 0 Å². The molecule has 1 aliphatic rings. The van der Waals surface area contributed by atoms with E-state index in [1.54, 1.807) is 12.4 Å². The number of anilines is 3. The molecule has 0 amide bonds. The highest BCUT2D eigenvalue weighted by molar-refractivity contribution is 5.75. The lowest BCUT2D eigenvalue weighted by molar-refractivity contribution is 0.447. The summed E-state index contributed by atoms with van der Waals surface area (Å²) in [6.45, 7) is 7.58. The Kier molecular flexibility index (Phi) is 4.60. The van der Waals surface area contributed by atoms with Crippen LogP contribution in [-0.2, 0) is 0 Å². The first-order chi connectivity index (χ1) is 9.27. The van der Waals surface area contributed by atoms with Crippen molar-refractivity contribution in [2.75, 3.05) is 29.0 Å².